The molecule has 0 bridgehead atoms. The molecule has 5 aliphatic carbocycles. The van der Waals surface area contributed by atoms with Gasteiger partial charge >= 0.3 is 0 Å². The number of hydrogen-bond donors (Lipinski definition) is 3. The number of fused-ring (bicyclic) bond motifs is 2. The zero-order chi connectivity index (χ0) is 35.0. The first-order valence-corrected chi connectivity index (χ1v) is 21.3. The fourth-order valence-corrected chi connectivity index (χ4v) is 12.0. The quantitative estimate of drug-likeness (QED) is 0.234. The number of aliphatic hydroxyl groups excluding tert-OH is 1. The highest BCUT2D eigenvalue weighted by Crippen LogP contribution is 2.47. The van der Waals surface area contributed by atoms with Crippen molar-refractivity contribution in [1.29, 1.82) is 0 Å². The average Bonchev–Trinajstić information content (AvgIpc) is 3.29. The molecule has 4 saturated carbocycles. The van der Waals surface area contributed by atoms with Crippen LogP contribution in [0.4, 0.5) is 0 Å². The van der Waals surface area contributed by atoms with Gasteiger partial charge in [-0.3, -0.25) is 5.73 Å². The van der Waals surface area contributed by atoms with Crippen LogP contribution >= 0.6 is 0 Å². The molecule has 0 amide bonds. The van der Waals surface area contributed by atoms with Gasteiger partial charge in [0.2, 0.25) is 0 Å². The van der Waals surface area contributed by atoms with Crippen LogP contribution in [0.2, 0.25) is 0 Å². The molecule has 282 valence electrons. The molecule has 0 aromatic heterocycles. The van der Waals surface area contributed by atoms with Crippen molar-refractivity contribution in [1.82, 2.24) is 0 Å². The first-order valence-electron chi connectivity index (χ1n) is 21.3. The van der Waals surface area contributed by atoms with E-state index in [1.165, 1.54) is 70.6 Å². The monoisotopic (exact) mass is 695 g/mol. The van der Waals surface area contributed by atoms with Gasteiger partial charge in [0.05, 0.1) is 18.8 Å². The standard InChI is InChI=1S/C43H69N2O5/c1-50-40-26-34-16-18-38(46)43(49)42(48)37-24-29(12-8-11-28-9-4-2-5-10-28)21-31(22-30-19-20-45-41(44)25-30)23-33(37)15-17-35(36(34)27-39(40)47)32-13-6-3-7-14-32/h28-37,39-41,43,45,47H,2-14,16,18-27,44H2,1H3/q-1/p+1. The SMILES string of the molecule is COC1CC2CCC(=O)C([O-])C(=O)C3CC(CCCC4CCCCC4)CC(CC4CC[NH2+]C(N)C4)CC3C#CC(C3CCCCC3)C2CC1O. The normalized spacial score (nSPS) is 41.4. The van der Waals surface area contributed by atoms with Gasteiger partial charge in [-0.15, -0.1) is 0 Å². The molecule has 50 heavy (non-hydrogen) atoms. The molecule has 0 spiro atoms. The number of Topliss-reactive ketones (excluding diaryl/α,β-unsaturated/α-hetero) is 2. The average molecular weight is 695 g/mol. The smallest absolute Gasteiger partial charge is 0.137 e. The Balaban J connectivity index is 1.31. The van der Waals surface area contributed by atoms with Crippen LogP contribution in [0.1, 0.15) is 148 Å². The minimum atomic E-state index is -1.81. The van der Waals surface area contributed by atoms with Crippen LogP contribution in [-0.2, 0) is 14.3 Å². The molecule has 12 atom stereocenters. The van der Waals surface area contributed by atoms with Crippen molar-refractivity contribution in [2.45, 2.75) is 172 Å². The topological polar surface area (TPSA) is 129 Å². The van der Waals surface area contributed by atoms with Gasteiger partial charge in [-0.25, -0.2) is 0 Å². The summed E-state index contributed by atoms with van der Waals surface area (Å²) in [4.78, 5) is 27.9. The van der Waals surface area contributed by atoms with Gasteiger partial charge in [0.15, 0.2) is 0 Å². The molecule has 0 radical (unpaired) electrons. The van der Waals surface area contributed by atoms with E-state index in [1.54, 1.807) is 7.11 Å². The maximum absolute atomic E-state index is 14.3. The van der Waals surface area contributed by atoms with Gasteiger partial charge in [-0.1, -0.05) is 82.5 Å². The van der Waals surface area contributed by atoms with Gasteiger partial charge in [-0.05, 0) is 112 Å². The van der Waals surface area contributed by atoms with Crippen molar-refractivity contribution in [3.8, 4) is 11.8 Å². The van der Waals surface area contributed by atoms with Gasteiger partial charge in [0.25, 0.3) is 0 Å². The molecule has 0 aromatic carbocycles. The number of ketones is 2. The molecule has 7 heteroatoms. The summed E-state index contributed by atoms with van der Waals surface area (Å²) in [5, 5.41) is 27.3. The van der Waals surface area contributed by atoms with Crippen LogP contribution < -0.4 is 16.2 Å². The molecule has 5 fully saturated rings. The molecule has 6 rings (SSSR count). The Labute approximate surface area is 303 Å². The van der Waals surface area contributed by atoms with Gasteiger partial charge in [-0.2, -0.15) is 0 Å². The van der Waals surface area contributed by atoms with Crippen molar-refractivity contribution in [3.05, 3.63) is 0 Å². The van der Waals surface area contributed by atoms with Crippen molar-refractivity contribution >= 4 is 11.6 Å². The molecular weight excluding hydrogens is 624 g/mol. The second-order valence-corrected chi connectivity index (χ2v) is 18.1. The molecule has 6 aliphatic rings. The minimum Gasteiger partial charge on any atom is -0.841 e. The molecule has 5 N–H and O–H groups in total. The first-order chi connectivity index (χ1) is 24.3. The van der Waals surface area contributed by atoms with E-state index in [-0.39, 0.29) is 48.1 Å². The van der Waals surface area contributed by atoms with Crippen molar-refractivity contribution < 1.29 is 29.9 Å². The first kappa shape index (κ1) is 38.4. The minimum absolute atomic E-state index is 0.140. The third-order valence-corrected chi connectivity index (χ3v) is 14.7. The third-order valence-electron chi connectivity index (χ3n) is 14.7. The van der Waals surface area contributed by atoms with E-state index in [9.17, 15) is 19.8 Å². The summed E-state index contributed by atoms with van der Waals surface area (Å²) in [5.74, 6) is 9.47. The highest BCUT2D eigenvalue weighted by Gasteiger charge is 2.44. The number of quaternary nitrogens is 1. The molecule has 7 nitrogen and oxygen atoms in total. The third kappa shape index (κ3) is 10.0. The number of hydrogen-bond acceptors (Lipinski definition) is 6. The fourth-order valence-electron chi connectivity index (χ4n) is 12.0. The Bertz CT molecular complexity index is 1150. The summed E-state index contributed by atoms with van der Waals surface area (Å²) in [6.45, 7) is 1.08. The van der Waals surface area contributed by atoms with E-state index >= 15 is 0 Å². The maximum atomic E-state index is 14.3. The lowest BCUT2D eigenvalue weighted by Crippen LogP contribution is -2.94. The van der Waals surface area contributed by atoms with Crippen LogP contribution in [-0.4, -0.2) is 54.8 Å². The number of rotatable bonds is 8. The summed E-state index contributed by atoms with van der Waals surface area (Å²) in [6, 6.07) is 0. The molecular formula is C43H70N2O5. The van der Waals surface area contributed by atoms with Crippen molar-refractivity contribution in [2.24, 2.45) is 64.9 Å². The Kier molecular flexibility index (Phi) is 14.3. The zero-order valence-corrected chi connectivity index (χ0v) is 31.3. The Morgan fingerprint density at radius 2 is 1.54 bits per heavy atom. The summed E-state index contributed by atoms with van der Waals surface area (Å²) < 4.78 is 5.71. The highest BCUT2D eigenvalue weighted by atomic mass is 16.5. The molecule has 1 heterocycles. The van der Waals surface area contributed by atoms with Gasteiger partial charge in [0, 0.05) is 37.7 Å². The maximum Gasteiger partial charge on any atom is 0.137 e. The number of carbonyl (C=O) groups is 2. The van der Waals surface area contributed by atoms with Gasteiger partial charge < -0.3 is 29.9 Å². The van der Waals surface area contributed by atoms with Crippen molar-refractivity contribution in [3.63, 3.8) is 0 Å². The van der Waals surface area contributed by atoms with E-state index in [1.807, 2.05) is 0 Å². The van der Waals surface area contributed by atoms with E-state index in [4.69, 9.17) is 10.5 Å². The number of piperidine rings is 1. The number of ether oxygens (including phenoxy) is 1. The van der Waals surface area contributed by atoms with Crippen LogP contribution in [0.25, 0.3) is 0 Å². The summed E-state index contributed by atoms with van der Waals surface area (Å²) in [6.07, 6.45) is 22.0. The van der Waals surface area contributed by atoms with Crippen LogP contribution in [0.5, 0.6) is 0 Å². The number of methoxy groups -OCH3 is 1. The van der Waals surface area contributed by atoms with Gasteiger partial charge in [0.1, 0.15) is 17.7 Å². The summed E-state index contributed by atoms with van der Waals surface area (Å²) >= 11 is 0. The second-order valence-electron chi connectivity index (χ2n) is 18.1. The Morgan fingerprint density at radius 3 is 2.28 bits per heavy atom. The Hall–Kier alpha value is -1.30. The number of nitrogens with two attached hydrogens (primary N) is 2. The molecule has 12 unspecified atom stereocenters. The van der Waals surface area contributed by atoms with Crippen LogP contribution in [0.15, 0.2) is 0 Å². The van der Waals surface area contributed by atoms with E-state index in [0.29, 0.717) is 49.4 Å². The number of aliphatic hydroxyl groups is 1. The summed E-state index contributed by atoms with van der Waals surface area (Å²) in [7, 11) is 1.66. The van der Waals surface area contributed by atoms with Crippen LogP contribution in [0.3, 0.4) is 0 Å². The fraction of sp³-hybridized carbons (Fsp3) is 0.907. The van der Waals surface area contributed by atoms with E-state index in [0.717, 1.165) is 57.4 Å². The second kappa shape index (κ2) is 18.6. The van der Waals surface area contributed by atoms with E-state index in [2.05, 4.69) is 17.2 Å². The lowest BCUT2D eigenvalue weighted by atomic mass is 9.63. The molecule has 0 aromatic rings. The molecule has 1 aliphatic heterocycles. The largest absolute Gasteiger partial charge is 0.841 e. The summed E-state index contributed by atoms with van der Waals surface area (Å²) in [5.41, 5.74) is 6.43. The zero-order valence-electron chi connectivity index (χ0n) is 31.3. The lowest BCUT2D eigenvalue weighted by molar-refractivity contribution is -0.699. The predicted molar refractivity (Wildman–Crippen MR) is 194 cm³/mol. The van der Waals surface area contributed by atoms with E-state index < -0.39 is 23.9 Å². The van der Waals surface area contributed by atoms with Crippen LogP contribution in [0, 0.1) is 71.0 Å². The Morgan fingerprint density at radius 1 is 0.800 bits per heavy atom. The highest BCUT2D eigenvalue weighted by molar-refractivity contribution is 6.05. The number of carbonyl (C=O) groups excluding carboxylic acids is 2. The van der Waals surface area contributed by atoms with Crippen molar-refractivity contribution in [2.75, 3.05) is 13.7 Å². The lowest BCUT2D eigenvalue weighted by Gasteiger charge is -2.44. The predicted octanol–water partition coefficient (Wildman–Crippen LogP) is 5.30. The molecule has 1 saturated heterocycles.